The van der Waals surface area contributed by atoms with E-state index in [0.29, 0.717) is 17.7 Å². The van der Waals surface area contributed by atoms with Gasteiger partial charge in [-0.2, -0.15) is 0 Å². The lowest BCUT2D eigenvalue weighted by molar-refractivity contribution is 0.0953. The number of aryl methyl sites for hydroxylation is 1. The zero-order valence-corrected chi connectivity index (χ0v) is 17.2. The van der Waals surface area contributed by atoms with Crippen LogP contribution in [0.15, 0.2) is 78.9 Å². The summed E-state index contributed by atoms with van der Waals surface area (Å²) in [7, 11) is 0. The van der Waals surface area contributed by atoms with E-state index in [4.69, 9.17) is 0 Å². The Morgan fingerprint density at radius 1 is 0.933 bits per heavy atom. The average molecular weight is 399 g/mol. The molecule has 1 aliphatic rings. The summed E-state index contributed by atoms with van der Waals surface area (Å²) in [6.07, 6.45) is 2.64. The number of nitrogens with one attached hydrogen (secondary N) is 1. The van der Waals surface area contributed by atoms with Crippen molar-refractivity contribution in [3.05, 3.63) is 101 Å². The van der Waals surface area contributed by atoms with Crippen molar-refractivity contribution in [2.24, 2.45) is 0 Å². The third kappa shape index (κ3) is 4.28. The van der Waals surface area contributed by atoms with Crippen LogP contribution in [0.3, 0.4) is 0 Å². The fourth-order valence-electron chi connectivity index (χ4n) is 4.05. The molecule has 3 aromatic rings. The molecule has 1 aliphatic heterocycles. The second-order valence-corrected chi connectivity index (χ2v) is 7.78. The first kappa shape index (κ1) is 19.9. The SMILES string of the molecule is CC1Cc2ccccc2N1C(=O)c1cccc(C(=O)NCCCc2ccccc2)c1. The van der Waals surface area contributed by atoms with Gasteiger partial charge < -0.3 is 10.2 Å². The van der Waals surface area contributed by atoms with Crippen LogP contribution in [0, 0.1) is 0 Å². The van der Waals surface area contributed by atoms with E-state index in [9.17, 15) is 9.59 Å². The third-order valence-corrected chi connectivity index (χ3v) is 5.57. The monoisotopic (exact) mass is 398 g/mol. The Labute approximate surface area is 177 Å². The van der Waals surface area contributed by atoms with Crippen LogP contribution in [0.1, 0.15) is 45.2 Å². The lowest BCUT2D eigenvalue weighted by atomic mass is 10.1. The second-order valence-electron chi connectivity index (χ2n) is 7.78. The predicted octanol–water partition coefficient (Wildman–Crippen LogP) is 4.64. The minimum absolute atomic E-state index is 0.0637. The number of nitrogens with zero attached hydrogens (tertiary/aromatic N) is 1. The molecule has 0 aliphatic carbocycles. The topological polar surface area (TPSA) is 49.4 Å². The number of hydrogen-bond acceptors (Lipinski definition) is 2. The highest BCUT2D eigenvalue weighted by atomic mass is 16.2. The molecule has 1 unspecified atom stereocenters. The van der Waals surface area contributed by atoms with Crippen LogP contribution in [0.25, 0.3) is 0 Å². The summed E-state index contributed by atoms with van der Waals surface area (Å²) in [5.41, 5.74) is 4.46. The van der Waals surface area contributed by atoms with Crippen molar-refractivity contribution < 1.29 is 9.59 Å². The standard InChI is InChI=1S/C26H26N2O2/c1-19-17-21-12-5-6-15-24(21)28(19)26(30)23-14-7-13-22(18-23)25(29)27-16-8-11-20-9-3-2-4-10-20/h2-7,9-10,12-15,18-19H,8,11,16-17H2,1H3,(H,27,29). The summed E-state index contributed by atoms with van der Waals surface area (Å²) in [4.78, 5) is 27.6. The van der Waals surface area contributed by atoms with Gasteiger partial charge in [-0.3, -0.25) is 9.59 Å². The molecular formula is C26H26N2O2. The van der Waals surface area contributed by atoms with Crippen LogP contribution in [-0.4, -0.2) is 24.4 Å². The molecule has 3 aromatic carbocycles. The van der Waals surface area contributed by atoms with E-state index in [-0.39, 0.29) is 17.9 Å². The van der Waals surface area contributed by atoms with Gasteiger partial charge in [0.2, 0.25) is 0 Å². The van der Waals surface area contributed by atoms with E-state index in [2.05, 4.69) is 30.4 Å². The first-order valence-electron chi connectivity index (χ1n) is 10.5. The fraction of sp³-hybridized carbons (Fsp3) is 0.231. The van der Waals surface area contributed by atoms with Crippen LogP contribution in [0.5, 0.6) is 0 Å². The van der Waals surface area contributed by atoms with E-state index < -0.39 is 0 Å². The fourth-order valence-corrected chi connectivity index (χ4v) is 4.05. The molecule has 4 heteroatoms. The molecule has 30 heavy (non-hydrogen) atoms. The van der Waals surface area contributed by atoms with Gasteiger partial charge in [-0.25, -0.2) is 0 Å². The van der Waals surface area contributed by atoms with Gasteiger partial charge in [0.05, 0.1) is 0 Å². The normalized spacial score (nSPS) is 15.0. The van der Waals surface area contributed by atoms with Crippen LogP contribution in [0.4, 0.5) is 5.69 Å². The summed E-state index contributed by atoms with van der Waals surface area (Å²) in [6.45, 7) is 2.66. The maximum Gasteiger partial charge on any atom is 0.258 e. The molecule has 1 heterocycles. The summed E-state index contributed by atoms with van der Waals surface area (Å²) in [5.74, 6) is -0.209. The molecule has 0 saturated heterocycles. The number of rotatable bonds is 6. The van der Waals surface area contributed by atoms with Crippen molar-refractivity contribution in [1.82, 2.24) is 5.32 Å². The van der Waals surface area contributed by atoms with E-state index in [1.54, 1.807) is 24.3 Å². The van der Waals surface area contributed by atoms with E-state index in [0.717, 1.165) is 24.9 Å². The summed E-state index contributed by atoms with van der Waals surface area (Å²) >= 11 is 0. The van der Waals surface area contributed by atoms with E-state index >= 15 is 0 Å². The van der Waals surface area contributed by atoms with Gasteiger partial charge in [-0.05, 0) is 61.6 Å². The van der Waals surface area contributed by atoms with Crippen LogP contribution >= 0.6 is 0 Å². The first-order chi connectivity index (χ1) is 14.6. The van der Waals surface area contributed by atoms with Crippen LogP contribution in [0.2, 0.25) is 0 Å². The maximum atomic E-state index is 13.2. The zero-order valence-electron chi connectivity index (χ0n) is 17.2. The Hall–Kier alpha value is -3.40. The first-order valence-corrected chi connectivity index (χ1v) is 10.5. The van der Waals surface area contributed by atoms with Crippen molar-refractivity contribution >= 4 is 17.5 Å². The molecule has 0 saturated carbocycles. The number of para-hydroxylation sites is 1. The highest BCUT2D eigenvalue weighted by Crippen LogP contribution is 2.33. The second kappa shape index (κ2) is 8.95. The maximum absolute atomic E-state index is 13.2. The van der Waals surface area contributed by atoms with E-state index in [1.165, 1.54) is 11.1 Å². The molecule has 1 atom stereocenters. The van der Waals surface area contributed by atoms with Gasteiger partial charge in [-0.1, -0.05) is 54.6 Å². The Morgan fingerprint density at radius 2 is 1.67 bits per heavy atom. The van der Waals surface area contributed by atoms with E-state index in [1.807, 2.05) is 41.3 Å². The Bertz CT molecular complexity index is 1050. The van der Waals surface area contributed by atoms with Crippen molar-refractivity contribution in [3.63, 3.8) is 0 Å². The van der Waals surface area contributed by atoms with Crippen molar-refractivity contribution in [2.75, 3.05) is 11.4 Å². The molecule has 0 bridgehead atoms. The van der Waals surface area contributed by atoms with Gasteiger partial charge in [0, 0.05) is 29.4 Å². The Morgan fingerprint density at radius 3 is 2.50 bits per heavy atom. The molecule has 2 amide bonds. The lowest BCUT2D eigenvalue weighted by Crippen LogP contribution is -2.36. The van der Waals surface area contributed by atoms with Crippen molar-refractivity contribution in [3.8, 4) is 0 Å². The molecule has 4 nitrogen and oxygen atoms in total. The molecule has 0 fully saturated rings. The van der Waals surface area contributed by atoms with Gasteiger partial charge in [0.15, 0.2) is 0 Å². The van der Waals surface area contributed by atoms with Crippen LogP contribution < -0.4 is 10.2 Å². The number of amides is 2. The Balaban J connectivity index is 1.40. The average Bonchev–Trinajstić information content (AvgIpc) is 3.12. The third-order valence-electron chi connectivity index (χ3n) is 5.57. The molecule has 0 spiro atoms. The van der Waals surface area contributed by atoms with Crippen molar-refractivity contribution in [1.29, 1.82) is 0 Å². The van der Waals surface area contributed by atoms with Crippen LogP contribution in [-0.2, 0) is 12.8 Å². The zero-order chi connectivity index (χ0) is 20.9. The number of anilines is 1. The molecule has 4 rings (SSSR count). The molecule has 152 valence electrons. The number of hydrogen-bond donors (Lipinski definition) is 1. The van der Waals surface area contributed by atoms with Gasteiger partial charge in [-0.15, -0.1) is 0 Å². The highest BCUT2D eigenvalue weighted by molar-refractivity contribution is 6.09. The molecule has 0 radical (unpaired) electrons. The predicted molar refractivity (Wildman–Crippen MR) is 120 cm³/mol. The number of benzene rings is 3. The van der Waals surface area contributed by atoms with Crippen molar-refractivity contribution in [2.45, 2.75) is 32.2 Å². The van der Waals surface area contributed by atoms with Gasteiger partial charge in [0.25, 0.3) is 11.8 Å². The molecular weight excluding hydrogens is 372 g/mol. The quantitative estimate of drug-likeness (QED) is 0.615. The van der Waals surface area contributed by atoms with Gasteiger partial charge >= 0.3 is 0 Å². The summed E-state index contributed by atoms with van der Waals surface area (Å²) in [5, 5.41) is 2.97. The largest absolute Gasteiger partial charge is 0.352 e. The minimum Gasteiger partial charge on any atom is -0.352 e. The Kier molecular flexibility index (Phi) is 5.94. The summed E-state index contributed by atoms with van der Waals surface area (Å²) < 4.78 is 0. The smallest absolute Gasteiger partial charge is 0.258 e. The van der Waals surface area contributed by atoms with Gasteiger partial charge in [0.1, 0.15) is 0 Å². The highest BCUT2D eigenvalue weighted by Gasteiger charge is 2.31. The number of carbonyl (C=O) groups excluding carboxylic acids is 2. The number of fused-ring (bicyclic) bond motifs is 1. The lowest BCUT2D eigenvalue weighted by Gasteiger charge is -2.23. The molecule has 1 N–H and O–H groups in total. The minimum atomic E-state index is -0.146. The molecule has 0 aromatic heterocycles. The number of carbonyl (C=O) groups is 2. The summed E-state index contributed by atoms with van der Waals surface area (Å²) in [6, 6.07) is 25.4.